The summed E-state index contributed by atoms with van der Waals surface area (Å²) >= 11 is 3.69. The molecule has 0 unspecified atom stereocenters. The second kappa shape index (κ2) is 3.02. The molecule has 1 aromatic carbocycles. The van der Waals surface area contributed by atoms with Crippen LogP contribution < -0.4 is 10.4 Å². The van der Waals surface area contributed by atoms with Crippen molar-refractivity contribution in [2.45, 2.75) is 0 Å². The van der Waals surface area contributed by atoms with Crippen LogP contribution in [0.15, 0.2) is 35.0 Å². The second-order valence-corrected chi connectivity index (χ2v) is 6.52. The van der Waals surface area contributed by atoms with E-state index in [0.717, 1.165) is 0 Å². The first-order valence-electron chi connectivity index (χ1n) is 5.94. The summed E-state index contributed by atoms with van der Waals surface area (Å²) in [4.78, 5) is 0. The number of rotatable bonds is 0. The maximum atomic E-state index is 2.34. The van der Waals surface area contributed by atoms with Gasteiger partial charge in [0.15, 0.2) is 0 Å². The van der Waals surface area contributed by atoms with E-state index in [9.17, 15) is 0 Å². The van der Waals surface area contributed by atoms with Gasteiger partial charge in [0.25, 0.3) is 0 Å². The average molecular weight is 264 g/mol. The van der Waals surface area contributed by atoms with Crippen LogP contribution in [-0.2, 0) is 0 Å². The highest BCUT2D eigenvalue weighted by atomic mass is 32.1. The Morgan fingerprint density at radius 1 is 0.611 bits per heavy atom. The van der Waals surface area contributed by atoms with E-state index in [4.69, 9.17) is 0 Å². The highest BCUT2D eigenvalue weighted by Crippen LogP contribution is 2.23. The van der Waals surface area contributed by atoms with Crippen LogP contribution in [0, 0.1) is 19.5 Å². The zero-order chi connectivity index (χ0) is 11.7. The van der Waals surface area contributed by atoms with Gasteiger partial charge in [0.2, 0.25) is 0 Å². The minimum absolute atomic E-state index is 1.38. The summed E-state index contributed by atoms with van der Waals surface area (Å²) in [5.41, 5.74) is 2.83. The van der Waals surface area contributed by atoms with Crippen molar-refractivity contribution in [3.63, 3.8) is 0 Å². The van der Waals surface area contributed by atoms with Gasteiger partial charge < -0.3 is 0 Å². The molecule has 2 aromatic heterocycles. The van der Waals surface area contributed by atoms with Gasteiger partial charge in [0.05, 0.1) is 0 Å². The fourth-order valence-electron chi connectivity index (χ4n) is 2.96. The number of benzene rings is 1. The molecule has 0 nitrogen and oxygen atoms in total. The number of hydrogen-bond acceptors (Lipinski definition) is 2. The van der Waals surface area contributed by atoms with E-state index in [1.54, 1.807) is 0 Å². The topological polar surface area (TPSA) is 0 Å². The van der Waals surface area contributed by atoms with Gasteiger partial charge in [-0.05, 0) is 56.6 Å². The molecular weight excluding hydrogens is 256 g/mol. The third-order valence-corrected chi connectivity index (χ3v) is 5.69. The minimum Gasteiger partial charge on any atom is -0.143 e. The molecule has 2 heteroatoms. The van der Waals surface area contributed by atoms with E-state index in [-0.39, 0.29) is 0 Å². The monoisotopic (exact) mass is 264 g/mol. The van der Waals surface area contributed by atoms with E-state index in [1.165, 1.54) is 41.1 Å². The van der Waals surface area contributed by atoms with Crippen molar-refractivity contribution in [3.8, 4) is 0 Å². The van der Waals surface area contributed by atoms with Crippen LogP contribution in [0.1, 0.15) is 11.1 Å². The van der Waals surface area contributed by atoms with Crippen molar-refractivity contribution in [2.24, 2.45) is 0 Å². The molecule has 0 spiro atoms. The molecule has 0 bridgehead atoms. The molecule has 0 radical (unpaired) electrons. The van der Waals surface area contributed by atoms with E-state index in [0.29, 0.717) is 0 Å². The fraction of sp³-hybridized carbons (Fsp3) is 0. The summed E-state index contributed by atoms with van der Waals surface area (Å²) in [6.45, 7) is 0. The van der Waals surface area contributed by atoms with Gasteiger partial charge in [-0.15, -0.1) is 22.7 Å². The Kier molecular flexibility index (Phi) is 1.56. The van der Waals surface area contributed by atoms with Crippen molar-refractivity contribution in [3.05, 3.63) is 76.1 Å². The van der Waals surface area contributed by atoms with Gasteiger partial charge in [0, 0.05) is 19.5 Å². The first-order chi connectivity index (χ1) is 8.92. The highest BCUT2D eigenvalue weighted by Gasteiger charge is 2.12. The lowest BCUT2D eigenvalue weighted by Gasteiger charge is -1.98. The molecule has 0 amide bonds. The molecule has 0 saturated carbocycles. The largest absolute Gasteiger partial charge is 0.143 e. The Morgan fingerprint density at radius 2 is 1.11 bits per heavy atom. The second-order valence-electron chi connectivity index (χ2n) is 4.69. The average Bonchev–Trinajstić information content (AvgIpc) is 3.06. The van der Waals surface area contributed by atoms with Crippen LogP contribution in [0.5, 0.6) is 0 Å². The molecule has 0 atom stereocenters. The fourth-order valence-corrected chi connectivity index (χ4v) is 4.80. The summed E-state index contributed by atoms with van der Waals surface area (Å²) in [5, 5.41) is 9.94. The van der Waals surface area contributed by atoms with Crippen LogP contribution in [0.4, 0.5) is 0 Å². The SMILES string of the molecule is C1=c2ccsc2=c2ccc3c(c21)C=c1ccsc1=3. The quantitative estimate of drug-likeness (QED) is 0.403. The van der Waals surface area contributed by atoms with Gasteiger partial charge in [-0.1, -0.05) is 12.1 Å². The first-order valence-corrected chi connectivity index (χ1v) is 7.70. The zero-order valence-electron chi connectivity index (χ0n) is 9.44. The lowest BCUT2D eigenvalue weighted by atomic mass is 10.1. The van der Waals surface area contributed by atoms with Gasteiger partial charge in [-0.25, -0.2) is 0 Å². The van der Waals surface area contributed by atoms with Gasteiger partial charge in [-0.2, -0.15) is 0 Å². The van der Waals surface area contributed by atoms with Crippen molar-refractivity contribution in [1.82, 2.24) is 0 Å². The van der Waals surface area contributed by atoms with E-state index >= 15 is 0 Å². The lowest BCUT2D eigenvalue weighted by Crippen LogP contribution is -1.92. The standard InChI is InChI=1S/C16H8S2/c1-2-12-14(8-10-4-6-18-16(10)12)13-7-9-3-5-17-15(9)11(1)13/h1-8H. The number of fused-ring (bicyclic) bond motifs is 5. The summed E-state index contributed by atoms with van der Waals surface area (Å²) < 4.78 is 2.85. The van der Waals surface area contributed by atoms with Crippen LogP contribution in [0.25, 0.3) is 12.2 Å². The molecule has 0 aliphatic heterocycles. The molecule has 84 valence electrons. The smallest absolute Gasteiger partial charge is 0.0421 e. The molecule has 0 saturated heterocycles. The maximum absolute atomic E-state index is 2.34. The van der Waals surface area contributed by atoms with Crippen LogP contribution in [0.3, 0.4) is 0 Å². The summed E-state index contributed by atoms with van der Waals surface area (Å²) in [6, 6.07) is 9.01. The molecule has 0 N–H and O–H groups in total. The Labute approximate surface area is 111 Å². The minimum atomic E-state index is 1.38. The van der Waals surface area contributed by atoms with Gasteiger partial charge >= 0.3 is 0 Å². The molecule has 2 heterocycles. The maximum Gasteiger partial charge on any atom is 0.0421 e. The van der Waals surface area contributed by atoms with E-state index in [1.807, 2.05) is 22.7 Å². The summed E-state index contributed by atoms with van der Waals surface area (Å²) in [7, 11) is 0. The highest BCUT2D eigenvalue weighted by molar-refractivity contribution is 7.08. The van der Waals surface area contributed by atoms with Crippen LogP contribution in [-0.4, -0.2) is 0 Å². The number of hydrogen-bond donors (Lipinski definition) is 0. The molecular formula is C16H8S2. The van der Waals surface area contributed by atoms with Crippen molar-refractivity contribution >= 4 is 34.8 Å². The molecule has 2 aliphatic carbocycles. The van der Waals surface area contributed by atoms with Gasteiger partial charge in [-0.3, -0.25) is 0 Å². The normalized spacial score (nSPS) is 13.3. The number of thiophene rings is 2. The third-order valence-electron chi connectivity index (χ3n) is 3.77. The lowest BCUT2D eigenvalue weighted by molar-refractivity contribution is 1.49. The predicted octanol–water partition coefficient (Wildman–Crippen LogP) is 2.67. The molecule has 0 fully saturated rings. The van der Waals surface area contributed by atoms with Crippen LogP contribution in [0.2, 0.25) is 0 Å². The first kappa shape index (κ1) is 9.31. The van der Waals surface area contributed by atoms with Crippen LogP contribution >= 0.6 is 22.7 Å². The molecule has 18 heavy (non-hydrogen) atoms. The van der Waals surface area contributed by atoms with Crippen molar-refractivity contribution < 1.29 is 0 Å². The molecule has 2 aliphatic rings. The van der Waals surface area contributed by atoms with E-state index in [2.05, 4.69) is 47.2 Å². The zero-order valence-corrected chi connectivity index (χ0v) is 11.1. The predicted molar refractivity (Wildman–Crippen MR) is 76.8 cm³/mol. The summed E-state index contributed by atoms with van der Waals surface area (Å²) in [6.07, 6.45) is 4.68. The summed E-state index contributed by atoms with van der Waals surface area (Å²) in [5.74, 6) is 0. The Balaban J connectivity index is 2.15. The Hall–Kier alpha value is -1.64. The van der Waals surface area contributed by atoms with Gasteiger partial charge in [0.1, 0.15) is 0 Å². The molecule has 3 aromatic rings. The van der Waals surface area contributed by atoms with E-state index < -0.39 is 0 Å². The Morgan fingerprint density at radius 3 is 1.61 bits per heavy atom. The van der Waals surface area contributed by atoms with Crippen molar-refractivity contribution in [1.29, 1.82) is 0 Å². The Bertz CT molecular complexity index is 1020. The molecule has 5 rings (SSSR count). The third kappa shape index (κ3) is 0.972. The van der Waals surface area contributed by atoms with Crippen molar-refractivity contribution in [2.75, 3.05) is 0 Å².